The molecule has 0 radical (unpaired) electrons. The molecule has 2 aromatic carbocycles. The van der Waals surface area contributed by atoms with E-state index in [9.17, 15) is 13.2 Å². The standard InChI is InChI=1S/C17H17Cl2N3O3S/c1-12-3-6-14(7-4-12)22(26(2,24)25)11-17(23)21-20-10-13-5-8-15(18)16(19)9-13/h3-10H,11H2,1-2H3,(H,21,23)/b20-10-. The molecule has 2 aromatic rings. The van der Waals surface area contributed by atoms with Crippen molar-refractivity contribution in [3.05, 3.63) is 63.6 Å². The van der Waals surface area contributed by atoms with Gasteiger partial charge in [-0.05, 0) is 36.8 Å². The van der Waals surface area contributed by atoms with Crippen LogP contribution in [0, 0.1) is 6.92 Å². The van der Waals surface area contributed by atoms with E-state index in [4.69, 9.17) is 23.2 Å². The van der Waals surface area contributed by atoms with Gasteiger partial charge in [-0.25, -0.2) is 13.8 Å². The molecule has 0 saturated heterocycles. The first-order valence-electron chi connectivity index (χ1n) is 7.48. The summed E-state index contributed by atoms with van der Waals surface area (Å²) in [6.45, 7) is 1.50. The summed E-state index contributed by atoms with van der Waals surface area (Å²) in [5, 5.41) is 4.58. The number of hydrogen-bond donors (Lipinski definition) is 1. The zero-order valence-corrected chi connectivity index (χ0v) is 16.4. The first kappa shape index (κ1) is 20.2. The lowest BCUT2D eigenvalue weighted by molar-refractivity contribution is -0.119. The Hall–Kier alpha value is -2.09. The predicted molar refractivity (Wildman–Crippen MR) is 106 cm³/mol. The van der Waals surface area contributed by atoms with Crippen LogP contribution >= 0.6 is 23.2 Å². The summed E-state index contributed by atoms with van der Waals surface area (Å²) in [5.74, 6) is -0.577. The Labute approximate surface area is 162 Å². The highest BCUT2D eigenvalue weighted by Crippen LogP contribution is 2.21. The highest BCUT2D eigenvalue weighted by Gasteiger charge is 2.20. The molecule has 26 heavy (non-hydrogen) atoms. The van der Waals surface area contributed by atoms with Gasteiger partial charge in [-0.3, -0.25) is 9.10 Å². The van der Waals surface area contributed by atoms with Crippen molar-refractivity contribution in [3.8, 4) is 0 Å². The third-order valence-electron chi connectivity index (χ3n) is 3.36. The maximum atomic E-state index is 12.1. The third-order valence-corrected chi connectivity index (χ3v) is 5.24. The molecule has 0 atom stereocenters. The van der Waals surface area contributed by atoms with Crippen molar-refractivity contribution in [3.63, 3.8) is 0 Å². The fourth-order valence-corrected chi connectivity index (χ4v) is 3.21. The molecule has 1 N–H and O–H groups in total. The molecule has 0 aliphatic rings. The normalized spacial score (nSPS) is 11.5. The fourth-order valence-electron chi connectivity index (χ4n) is 2.05. The van der Waals surface area contributed by atoms with E-state index in [2.05, 4.69) is 10.5 Å². The summed E-state index contributed by atoms with van der Waals surface area (Å²) in [5.41, 5.74) is 4.32. The molecular formula is C17H17Cl2N3O3S. The van der Waals surface area contributed by atoms with Gasteiger partial charge >= 0.3 is 0 Å². The van der Waals surface area contributed by atoms with E-state index in [1.807, 2.05) is 6.92 Å². The fraction of sp³-hybridized carbons (Fsp3) is 0.176. The van der Waals surface area contributed by atoms with Crippen LogP contribution in [-0.2, 0) is 14.8 Å². The van der Waals surface area contributed by atoms with Crippen molar-refractivity contribution in [2.75, 3.05) is 17.1 Å². The molecule has 0 aromatic heterocycles. The molecular weight excluding hydrogens is 397 g/mol. The smallest absolute Gasteiger partial charge is 0.260 e. The number of nitrogens with zero attached hydrogens (tertiary/aromatic N) is 2. The van der Waals surface area contributed by atoms with Crippen LogP contribution in [0.3, 0.4) is 0 Å². The number of anilines is 1. The average molecular weight is 414 g/mol. The highest BCUT2D eigenvalue weighted by molar-refractivity contribution is 7.92. The number of nitrogens with one attached hydrogen (secondary N) is 1. The van der Waals surface area contributed by atoms with E-state index in [1.165, 1.54) is 6.21 Å². The Morgan fingerprint density at radius 3 is 2.38 bits per heavy atom. The SMILES string of the molecule is Cc1ccc(N(CC(=O)N/N=C\c2ccc(Cl)c(Cl)c2)S(C)(=O)=O)cc1. The molecule has 0 aliphatic heterocycles. The highest BCUT2D eigenvalue weighted by atomic mass is 35.5. The largest absolute Gasteiger partial charge is 0.271 e. The molecule has 2 rings (SSSR count). The molecule has 6 nitrogen and oxygen atoms in total. The number of sulfonamides is 1. The summed E-state index contributed by atoms with van der Waals surface area (Å²) in [6.07, 6.45) is 2.43. The van der Waals surface area contributed by atoms with Gasteiger partial charge in [0.2, 0.25) is 10.0 Å². The van der Waals surface area contributed by atoms with Crippen LogP contribution in [0.5, 0.6) is 0 Å². The van der Waals surface area contributed by atoms with Gasteiger partial charge in [0.15, 0.2) is 0 Å². The molecule has 0 spiro atoms. The molecule has 0 aliphatic carbocycles. The molecule has 0 unspecified atom stereocenters. The van der Waals surface area contributed by atoms with E-state index in [-0.39, 0.29) is 6.54 Å². The van der Waals surface area contributed by atoms with Crippen LogP contribution in [0.25, 0.3) is 0 Å². The van der Waals surface area contributed by atoms with Crippen molar-refractivity contribution < 1.29 is 13.2 Å². The zero-order valence-electron chi connectivity index (χ0n) is 14.1. The Morgan fingerprint density at radius 1 is 1.15 bits per heavy atom. The molecule has 138 valence electrons. The predicted octanol–water partition coefficient (Wildman–Crippen LogP) is 3.22. The second-order valence-corrected chi connectivity index (χ2v) is 8.29. The maximum Gasteiger partial charge on any atom is 0.260 e. The minimum atomic E-state index is -3.62. The van der Waals surface area contributed by atoms with Crippen molar-refractivity contribution in [1.29, 1.82) is 0 Å². The van der Waals surface area contributed by atoms with Gasteiger partial charge in [-0.1, -0.05) is 47.0 Å². The molecule has 0 heterocycles. The Balaban J connectivity index is 2.06. The quantitative estimate of drug-likeness (QED) is 0.583. The van der Waals surface area contributed by atoms with Crippen LogP contribution in [0.2, 0.25) is 10.0 Å². The Bertz CT molecular complexity index is 929. The lowest BCUT2D eigenvalue weighted by Crippen LogP contribution is -2.39. The maximum absolute atomic E-state index is 12.1. The van der Waals surface area contributed by atoms with E-state index < -0.39 is 15.9 Å². The first-order valence-corrected chi connectivity index (χ1v) is 10.1. The van der Waals surface area contributed by atoms with Gasteiger partial charge in [0.1, 0.15) is 6.54 Å². The topological polar surface area (TPSA) is 78.8 Å². The second kappa shape index (κ2) is 8.53. The van der Waals surface area contributed by atoms with Gasteiger partial charge in [0.25, 0.3) is 5.91 Å². The molecule has 0 fully saturated rings. The number of aryl methyl sites for hydroxylation is 1. The van der Waals surface area contributed by atoms with Crippen molar-refractivity contribution in [2.24, 2.45) is 5.10 Å². The monoisotopic (exact) mass is 413 g/mol. The third kappa shape index (κ3) is 5.72. The van der Waals surface area contributed by atoms with Crippen LogP contribution < -0.4 is 9.73 Å². The summed E-state index contributed by atoms with van der Waals surface area (Å²) in [4.78, 5) is 12.1. The van der Waals surface area contributed by atoms with E-state index in [1.54, 1.807) is 42.5 Å². The van der Waals surface area contributed by atoms with Crippen LogP contribution in [0.4, 0.5) is 5.69 Å². The minimum Gasteiger partial charge on any atom is -0.271 e. The van der Waals surface area contributed by atoms with E-state index in [0.717, 1.165) is 16.1 Å². The van der Waals surface area contributed by atoms with Crippen molar-refractivity contribution in [2.45, 2.75) is 6.92 Å². The summed E-state index contributed by atoms with van der Waals surface area (Å²) in [7, 11) is -3.62. The number of hydrazone groups is 1. The number of carbonyl (C=O) groups is 1. The van der Waals surface area contributed by atoms with E-state index in [0.29, 0.717) is 21.3 Å². The molecule has 0 bridgehead atoms. The second-order valence-electron chi connectivity index (χ2n) is 5.57. The van der Waals surface area contributed by atoms with Gasteiger partial charge in [-0.15, -0.1) is 0 Å². The number of benzene rings is 2. The van der Waals surface area contributed by atoms with Crippen molar-refractivity contribution in [1.82, 2.24) is 5.43 Å². The average Bonchev–Trinajstić information content (AvgIpc) is 2.56. The number of carbonyl (C=O) groups excluding carboxylic acids is 1. The number of hydrogen-bond acceptors (Lipinski definition) is 4. The Kier molecular flexibility index (Phi) is 6.63. The summed E-state index contributed by atoms with van der Waals surface area (Å²) < 4.78 is 25.0. The number of halogens is 2. The van der Waals surface area contributed by atoms with E-state index >= 15 is 0 Å². The number of amides is 1. The number of rotatable bonds is 6. The Morgan fingerprint density at radius 2 is 1.81 bits per heavy atom. The van der Waals surface area contributed by atoms with Crippen LogP contribution in [0.15, 0.2) is 47.6 Å². The van der Waals surface area contributed by atoms with Gasteiger partial charge < -0.3 is 0 Å². The summed E-state index contributed by atoms with van der Waals surface area (Å²) >= 11 is 11.7. The minimum absolute atomic E-state index is 0.365. The van der Waals surface area contributed by atoms with Gasteiger partial charge in [0.05, 0.1) is 28.2 Å². The summed E-state index contributed by atoms with van der Waals surface area (Å²) in [6, 6.07) is 11.7. The van der Waals surface area contributed by atoms with Gasteiger partial charge in [-0.2, -0.15) is 5.10 Å². The first-order chi connectivity index (χ1) is 12.2. The van der Waals surface area contributed by atoms with Crippen LogP contribution in [-0.4, -0.2) is 33.3 Å². The molecule has 1 amide bonds. The molecule has 0 saturated carbocycles. The zero-order chi connectivity index (χ0) is 19.3. The molecule has 9 heteroatoms. The lowest BCUT2D eigenvalue weighted by atomic mass is 10.2. The van der Waals surface area contributed by atoms with Crippen molar-refractivity contribution >= 4 is 51.0 Å². The lowest BCUT2D eigenvalue weighted by Gasteiger charge is -2.21. The van der Waals surface area contributed by atoms with Gasteiger partial charge in [0, 0.05) is 0 Å². The van der Waals surface area contributed by atoms with Crippen LogP contribution in [0.1, 0.15) is 11.1 Å².